The van der Waals surface area contributed by atoms with Crippen LogP contribution in [-0.4, -0.2) is 28.4 Å². The molecule has 1 amide bonds. The molecule has 1 N–H and O–H groups in total. The highest BCUT2D eigenvalue weighted by atomic mass is 35.5. The third-order valence-corrected chi connectivity index (χ3v) is 3.14. The van der Waals surface area contributed by atoms with Crippen molar-refractivity contribution >= 4 is 28.5 Å². The maximum Gasteiger partial charge on any atom is 0.221 e. The zero-order valence-corrected chi connectivity index (χ0v) is 11.4. The molecule has 6 heteroatoms. The van der Waals surface area contributed by atoms with Crippen LogP contribution in [0.4, 0.5) is 4.39 Å². The molecule has 102 valence electrons. The minimum Gasteiger partial charge on any atom is -0.359 e. The number of nitrogens with zero attached hydrogens (tertiary/aromatic N) is 2. The number of halogens is 2. The van der Waals surface area contributed by atoms with Gasteiger partial charge in [-0.3, -0.25) is 4.79 Å². The SMILES string of the molecule is CNC(=O)CCn1c(CCCl)nc2cc(F)ccc21. The van der Waals surface area contributed by atoms with E-state index in [4.69, 9.17) is 11.6 Å². The van der Waals surface area contributed by atoms with Gasteiger partial charge in [0.15, 0.2) is 0 Å². The summed E-state index contributed by atoms with van der Waals surface area (Å²) < 4.78 is 15.1. The van der Waals surface area contributed by atoms with Crippen LogP contribution in [0, 0.1) is 5.82 Å². The number of rotatable bonds is 5. The number of alkyl halides is 1. The number of carbonyl (C=O) groups excluding carboxylic acids is 1. The number of hydrogen-bond donors (Lipinski definition) is 1. The van der Waals surface area contributed by atoms with Crippen molar-refractivity contribution < 1.29 is 9.18 Å². The third kappa shape index (κ3) is 3.04. The Hall–Kier alpha value is -1.62. The molecular weight excluding hydrogens is 269 g/mol. The first-order chi connectivity index (χ1) is 9.15. The second-order valence-electron chi connectivity index (χ2n) is 4.17. The van der Waals surface area contributed by atoms with Gasteiger partial charge in [0, 0.05) is 38.4 Å². The number of benzene rings is 1. The van der Waals surface area contributed by atoms with E-state index >= 15 is 0 Å². The molecule has 0 unspecified atom stereocenters. The van der Waals surface area contributed by atoms with E-state index in [1.807, 2.05) is 4.57 Å². The largest absolute Gasteiger partial charge is 0.359 e. The normalized spacial score (nSPS) is 10.9. The van der Waals surface area contributed by atoms with Gasteiger partial charge in [-0.15, -0.1) is 11.6 Å². The summed E-state index contributed by atoms with van der Waals surface area (Å²) in [6, 6.07) is 4.47. The van der Waals surface area contributed by atoms with Crippen molar-refractivity contribution in [2.24, 2.45) is 0 Å². The second kappa shape index (κ2) is 6.02. The number of hydrogen-bond acceptors (Lipinski definition) is 2. The first-order valence-electron chi connectivity index (χ1n) is 6.07. The molecule has 1 aromatic carbocycles. The molecular formula is C13H15ClFN3O. The summed E-state index contributed by atoms with van der Waals surface area (Å²) in [6.45, 7) is 0.508. The molecule has 0 saturated carbocycles. The quantitative estimate of drug-likeness (QED) is 0.854. The smallest absolute Gasteiger partial charge is 0.221 e. The van der Waals surface area contributed by atoms with Crippen molar-refractivity contribution in [3.8, 4) is 0 Å². The van der Waals surface area contributed by atoms with Crippen LogP contribution in [-0.2, 0) is 17.8 Å². The number of amides is 1. The number of aryl methyl sites for hydroxylation is 2. The molecule has 1 heterocycles. The van der Waals surface area contributed by atoms with E-state index in [1.165, 1.54) is 12.1 Å². The molecule has 0 radical (unpaired) electrons. The highest BCUT2D eigenvalue weighted by Crippen LogP contribution is 2.18. The Balaban J connectivity index is 2.37. The Morgan fingerprint density at radius 2 is 2.32 bits per heavy atom. The number of aromatic nitrogens is 2. The molecule has 0 spiro atoms. The van der Waals surface area contributed by atoms with Gasteiger partial charge in [0.1, 0.15) is 11.6 Å². The fraction of sp³-hybridized carbons (Fsp3) is 0.385. The van der Waals surface area contributed by atoms with Gasteiger partial charge in [0.05, 0.1) is 11.0 Å². The lowest BCUT2D eigenvalue weighted by Crippen LogP contribution is -2.20. The number of carbonyl (C=O) groups is 1. The van der Waals surface area contributed by atoms with Crippen molar-refractivity contribution in [1.82, 2.24) is 14.9 Å². The zero-order chi connectivity index (χ0) is 13.8. The van der Waals surface area contributed by atoms with Gasteiger partial charge in [-0.25, -0.2) is 9.37 Å². The molecule has 0 fully saturated rings. The van der Waals surface area contributed by atoms with Crippen molar-refractivity contribution in [1.29, 1.82) is 0 Å². The molecule has 0 atom stereocenters. The molecule has 0 saturated heterocycles. The Morgan fingerprint density at radius 1 is 1.53 bits per heavy atom. The van der Waals surface area contributed by atoms with E-state index in [0.717, 1.165) is 11.3 Å². The van der Waals surface area contributed by atoms with Crippen molar-refractivity contribution in [2.75, 3.05) is 12.9 Å². The van der Waals surface area contributed by atoms with E-state index in [0.29, 0.717) is 30.8 Å². The third-order valence-electron chi connectivity index (χ3n) is 2.95. The maximum absolute atomic E-state index is 13.2. The summed E-state index contributed by atoms with van der Waals surface area (Å²) >= 11 is 5.75. The summed E-state index contributed by atoms with van der Waals surface area (Å²) in [5.41, 5.74) is 1.42. The predicted molar refractivity (Wildman–Crippen MR) is 72.8 cm³/mol. The summed E-state index contributed by atoms with van der Waals surface area (Å²) in [5, 5.41) is 2.58. The summed E-state index contributed by atoms with van der Waals surface area (Å²) in [5.74, 6) is 0.854. The first-order valence-corrected chi connectivity index (χ1v) is 6.60. The highest BCUT2D eigenvalue weighted by Gasteiger charge is 2.12. The van der Waals surface area contributed by atoms with Crippen molar-refractivity contribution in [3.05, 3.63) is 29.8 Å². The average Bonchev–Trinajstić information content (AvgIpc) is 2.73. The zero-order valence-electron chi connectivity index (χ0n) is 10.6. The van der Waals surface area contributed by atoms with Crippen LogP contribution in [0.25, 0.3) is 11.0 Å². The molecule has 2 aromatic rings. The van der Waals surface area contributed by atoms with E-state index in [1.54, 1.807) is 13.1 Å². The van der Waals surface area contributed by atoms with Gasteiger partial charge in [0.2, 0.25) is 5.91 Å². The molecule has 19 heavy (non-hydrogen) atoms. The first kappa shape index (κ1) is 13.8. The van der Waals surface area contributed by atoms with Gasteiger partial charge in [-0.2, -0.15) is 0 Å². The highest BCUT2D eigenvalue weighted by molar-refractivity contribution is 6.17. The second-order valence-corrected chi connectivity index (χ2v) is 4.55. The van der Waals surface area contributed by atoms with Gasteiger partial charge in [-0.05, 0) is 12.1 Å². The Bertz CT molecular complexity index is 597. The van der Waals surface area contributed by atoms with Crippen molar-refractivity contribution in [2.45, 2.75) is 19.4 Å². The number of imidazole rings is 1. The maximum atomic E-state index is 13.2. The molecule has 4 nitrogen and oxygen atoms in total. The van der Waals surface area contributed by atoms with E-state index in [2.05, 4.69) is 10.3 Å². The summed E-state index contributed by atoms with van der Waals surface area (Å²) in [6.07, 6.45) is 0.945. The number of nitrogens with one attached hydrogen (secondary N) is 1. The van der Waals surface area contributed by atoms with E-state index in [-0.39, 0.29) is 11.7 Å². The van der Waals surface area contributed by atoms with E-state index in [9.17, 15) is 9.18 Å². The standard InChI is InChI=1S/C13H15ClFN3O/c1-16-13(19)5-7-18-11-3-2-9(15)8-10(11)17-12(18)4-6-14/h2-3,8H,4-7H2,1H3,(H,16,19). The van der Waals surface area contributed by atoms with Gasteiger partial charge in [-0.1, -0.05) is 0 Å². The molecule has 0 aliphatic rings. The molecule has 0 bridgehead atoms. The van der Waals surface area contributed by atoms with Crippen molar-refractivity contribution in [3.63, 3.8) is 0 Å². The summed E-state index contributed by atoms with van der Waals surface area (Å²) in [7, 11) is 1.60. The lowest BCUT2D eigenvalue weighted by atomic mass is 10.3. The van der Waals surface area contributed by atoms with Gasteiger partial charge < -0.3 is 9.88 Å². The lowest BCUT2D eigenvalue weighted by molar-refractivity contribution is -0.120. The van der Waals surface area contributed by atoms with Crippen LogP contribution in [0.1, 0.15) is 12.2 Å². The fourth-order valence-electron chi connectivity index (χ4n) is 2.02. The Labute approximate surface area is 115 Å². The average molecular weight is 284 g/mol. The molecule has 1 aromatic heterocycles. The van der Waals surface area contributed by atoms with Gasteiger partial charge in [0.25, 0.3) is 0 Å². The number of fused-ring (bicyclic) bond motifs is 1. The van der Waals surface area contributed by atoms with Gasteiger partial charge >= 0.3 is 0 Å². The van der Waals surface area contributed by atoms with Crippen LogP contribution in [0.3, 0.4) is 0 Å². The van der Waals surface area contributed by atoms with Crippen LogP contribution < -0.4 is 5.32 Å². The monoisotopic (exact) mass is 283 g/mol. The topological polar surface area (TPSA) is 46.9 Å². The lowest BCUT2D eigenvalue weighted by Gasteiger charge is -2.07. The summed E-state index contributed by atoms with van der Waals surface area (Å²) in [4.78, 5) is 15.7. The van der Waals surface area contributed by atoms with Crippen LogP contribution in [0.2, 0.25) is 0 Å². The molecule has 2 rings (SSSR count). The minimum absolute atomic E-state index is 0.0409. The van der Waals surface area contributed by atoms with Crippen LogP contribution in [0.5, 0.6) is 0 Å². The Morgan fingerprint density at radius 3 is 3.00 bits per heavy atom. The Kier molecular flexibility index (Phi) is 4.37. The van der Waals surface area contributed by atoms with Crippen LogP contribution >= 0.6 is 11.6 Å². The predicted octanol–water partition coefficient (Wildman–Crippen LogP) is 2.09. The minimum atomic E-state index is -0.319. The van der Waals surface area contributed by atoms with E-state index < -0.39 is 0 Å². The van der Waals surface area contributed by atoms with Crippen LogP contribution in [0.15, 0.2) is 18.2 Å². The molecule has 0 aliphatic heterocycles. The molecule has 0 aliphatic carbocycles. The fourth-order valence-corrected chi connectivity index (χ4v) is 2.19.